The number of amides is 2. The number of benzene rings is 4. The molecule has 0 fully saturated rings. The van der Waals surface area contributed by atoms with Crippen LogP contribution >= 0.6 is 0 Å². The maximum Gasteiger partial charge on any atom is 0.419 e. The molecule has 0 aromatic heterocycles. The zero-order chi connectivity index (χ0) is 33.6. The van der Waals surface area contributed by atoms with Gasteiger partial charge in [-0.3, -0.25) is 4.79 Å². The van der Waals surface area contributed by atoms with Gasteiger partial charge in [-0.25, -0.2) is 9.59 Å². The molecule has 1 heterocycles. The number of carbonyl (C=O) groups is 3. The third-order valence-corrected chi connectivity index (χ3v) is 8.09. The van der Waals surface area contributed by atoms with Crippen LogP contribution in [0.4, 0.5) is 9.59 Å². The van der Waals surface area contributed by atoms with Crippen molar-refractivity contribution in [3.05, 3.63) is 119 Å². The number of esters is 1. The minimum absolute atomic E-state index is 0.0513. The largest absolute Gasteiger partial charge is 0.462 e. The quantitative estimate of drug-likeness (QED) is 0.155. The Balaban J connectivity index is 1.18. The molecule has 5 rings (SSSR count). The molecule has 4 aromatic carbocycles. The molecule has 8 heteroatoms. The summed E-state index contributed by atoms with van der Waals surface area (Å²) in [6.07, 6.45) is -1.40. The maximum absolute atomic E-state index is 13.0. The van der Waals surface area contributed by atoms with Crippen LogP contribution in [0.15, 0.2) is 97.1 Å². The van der Waals surface area contributed by atoms with E-state index in [0.717, 1.165) is 28.0 Å². The summed E-state index contributed by atoms with van der Waals surface area (Å²) in [6.45, 7) is 10.6. The van der Waals surface area contributed by atoms with Crippen molar-refractivity contribution in [2.75, 3.05) is 13.1 Å². The number of rotatable bonds is 8. The summed E-state index contributed by atoms with van der Waals surface area (Å²) >= 11 is 0. The number of carbonyl (C=O) groups excluding carboxylic acids is 3. The molecule has 0 radical (unpaired) electrons. The molecular formula is C39H42N2O6. The first-order valence-electron chi connectivity index (χ1n) is 16.0. The first kappa shape index (κ1) is 33.3. The van der Waals surface area contributed by atoms with Gasteiger partial charge in [0.05, 0.1) is 12.0 Å². The fraction of sp³-hybridized carbons (Fsp3) is 0.308. The van der Waals surface area contributed by atoms with E-state index < -0.39 is 24.1 Å². The van der Waals surface area contributed by atoms with E-state index in [1.165, 1.54) is 10.5 Å². The standard InChI is InChI=1S/C39H42N2O6/c1-26(2)45-36(42)35(30-13-11-28(12-14-30)27-9-7-6-8-10-27)24-40-37(43)47-38(44)41-22-21-29-15-18-34(23-31(29)25-41)46-33-19-16-32(17-20-33)39(3,4)5/h6-20,23,26,35H,21-22,24-25H2,1-5H3,(H,40,43). The van der Waals surface area contributed by atoms with Gasteiger partial charge in [0.15, 0.2) is 0 Å². The van der Waals surface area contributed by atoms with Gasteiger partial charge in [-0.15, -0.1) is 0 Å². The fourth-order valence-electron chi connectivity index (χ4n) is 5.47. The van der Waals surface area contributed by atoms with E-state index in [9.17, 15) is 14.4 Å². The van der Waals surface area contributed by atoms with Crippen molar-refractivity contribution in [2.45, 2.75) is 65.0 Å². The normalized spacial score (nSPS) is 13.4. The highest BCUT2D eigenvalue weighted by molar-refractivity contribution is 5.85. The molecule has 0 saturated carbocycles. The van der Waals surface area contributed by atoms with Gasteiger partial charge in [-0.1, -0.05) is 93.6 Å². The van der Waals surface area contributed by atoms with Crippen LogP contribution in [0.25, 0.3) is 11.1 Å². The second-order valence-electron chi connectivity index (χ2n) is 13.0. The molecule has 4 aromatic rings. The molecule has 1 atom stereocenters. The lowest BCUT2D eigenvalue weighted by Crippen LogP contribution is -2.40. The average molecular weight is 635 g/mol. The summed E-state index contributed by atoms with van der Waals surface area (Å²) in [6, 6.07) is 31.3. The minimum atomic E-state index is -0.931. The van der Waals surface area contributed by atoms with E-state index in [-0.39, 0.29) is 24.6 Å². The van der Waals surface area contributed by atoms with Gasteiger partial charge >= 0.3 is 18.2 Å². The van der Waals surface area contributed by atoms with Crippen LogP contribution in [-0.2, 0) is 32.6 Å². The molecule has 8 nitrogen and oxygen atoms in total. The molecular weight excluding hydrogens is 592 g/mol. The van der Waals surface area contributed by atoms with Crippen molar-refractivity contribution < 1.29 is 28.6 Å². The molecule has 0 bridgehead atoms. The Morgan fingerprint density at radius 2 is 1.47 bits per heavy atom. The van der Waals surface area contributed by atoms with Crippen LogP contribution in [0.2, 0.25) is 0 Å². The van der Waals surface area contributed by atoms with Gasteiger partial charge in [0.25, 0.3) is 0 Å². The number of alkyl carbamates (subject to hydrolysis) is 1. The zero-order valence-corrected chi connectivity index (χ0v) is 27.6. The molecule has 1 aliphatic rings. The molecule has 47 heavy (non-hydrogen) atoms. The number of nitrogens with zero attached hydrogens (tertiary/aromatic N) is 1. The Morgan fingerprint density at radius 1 is 0.809 bits per heavy atom. The second-order valence-corrected chi connectivity index (χ2v) is 13.0. The fourth-order valence-corrected chi connectivity index (χ4v) is 5.47. The van der Waals surface area contributed by atoms with Gasteiger partial charge in [-0.05, 0) is 83.3 Å². The lowest BCUT2D eigenvalue weighted by molar-refractivity contribution is -0.149. The van der Waals surface area contributed by atoms with E-state index in [1.54, 1.807) is 13.8 Å². The van der Waals surface area contributed by atoms with Gasteiger partial charge in [0.1, 0.15) is 11.5 Å². The maximum atomic E-state index is 13.0. The van der Waals surface area contributed by atoms with Crippen molar-refractivity contribution >= 4 is 18.2 Å². The van der Waals surface area contributed by atoms with Gasteiger partial charge in [0, 0.05) is 19.6 Å². The Morgan fingerprint density at radius 3 is 2.13 bits per heavy atom. The van der Waals surface area contributed by atoms with E-state index in [0.29, 0.717) is 24.3 Å². The zero-order valence-electron chi connectivity index (χ0n) is 27.6. The minimum Gasteiger partial charge on any atom is -0.462 e. The average Bonchev–Trinajstić information content (AvgIpc) is 3.04. The molecule has 244 valence electrons. The number of nitrogens with one attached hydrogen (secondary N) is 1. The SMILES string of the molecule is CC(C)OC(=O)C(CNC(=O)OC(=O)N1CCc2ccc(Oc3ccc(C(C)(C)C)cc3)cc2C1)c1ccc(-c2ccccc2)cc1. The van der Waals surface area contributed by atoms with E-state index in [2.05, 4.69) is 38.2 Å². The Labute approximate surface area is 276 Å². The van der Waals surface area contributed by atoms with Crippen LogP contribution in [0.1, 0.15) is 62.8 Å². The Kier molecular flexibility index (Phi) is 10.3. The van der Waals surface area contributed by atoms with Gasteiger partial charge < -0.3 is 24.4 Å². The lowest BCUT2D eigenvalue weighted by atomic mass is 9.87. The molecule has 1 unspecified atom stereocenters. The van der Waals surface area contributed by atoms with E-state index in [1.807, 2.05) is 84.9 Å². The highest BCUT2D eigenvalue weighted by atomic mass is 16.6. The smallest absolute Gasteiger partial charge is 0.419 e. The molecule has 0 spiro atoms. The van der Waals surface area contributed by atoms with Crippen molar-refractivity contribution in [3.63, 3.8) is 0 Å². The first-order chi connectivity index (χ1) is 22.5. The summed E-state index contributed by atoms with van der Waals surface area (Å²) in [7, 11) is 0. The summed E-state index contributed by atoms with van der Waals surface area (Å²) < 4.78 is 16.7. The summed E-state index contributed by atoms with van der Waals surface area (Å²) in [5.74, 6) is 0.130. The topological polar surface area (TPSA) is 94.2 Å². The van der Waals surface area contributed by atoms with Crippen molar-refractivity contribution in [3.8, 4) is 22.6 Å². The second kappa shape index (κ2) is 14.5. The lowest BCUT2D eigenvalue weighted by Gasteiger charge is -2.28. The van der Waals surface area contributed by atoms with Crippen LogP contribution in [-0.4, -0.2) is 42.2 Å². The number of hydrogen-bond acceptors (Lipinski definition) is 6. The third kappa shape index (κ3) is 8.79. The van der Waals surface area contributed by atoms with Crippen LogP contribution in [0, 0.1) is 0 Å². The molecule has 1 aliphatic heterocycles. The summed E-state index contributed by atoms with van der Waals surface area (Å²) in [4.78, 5) is 40.2. The Bertz CT molecular complexity index is 1690. The van der Waals surface area contributed by atoms with Crippen molar-refractivity contribution in [1.82, 2.24) is 10.2 Å². The molecule has 0 aliphatic carbocycles. The molecule has 1 N–H and O–H groups in total. The highest BCUT2D eigenvalue weighted by Gasteiger charge is 2.27. The number of ether oxygens (including phenoxy) is 3. The number of hydrogen-bond donors (Lipinski definition) is 1. The third-order valence-electron chi connectivity index (χ3n) is 8.09. The predicted molar refractivity (Wildman–Crippen MR) is 181 cm³/mol. The number of fused-ring (bicyclic) bond motifs is 1. The van der Waals surface area contributed by atoms with Gasteiger partial charge in [0.2, 0.25) is 0 Å². The predicted octanol–water partition coefficient (Wildman–Crippen LogP) is 8.38. The van der Waals surface area contributed by atoms with Crippen molar-refractivity contribution in [2.24, 2.45) is 0 Å². The van der Waals surface area contributed by atoms with E-state index >= 15 is 0 Å². The van der Waals surface area contributed by atoms with Crippen LogP contribution < -0.4 is 10.1 Å². The molecule has 2 amide bonds. The summed E-state index contributed by atoms with van der Waals surface area (Å²) in [5.41, 5.74) is 6.03. The Hall–Kier alpha value is -5.11. The van der Waals surface area contributed by atoms with Crippen LogP contribution in [0.3, 0.4) is 0 Å². The van der Waals surface area contributed by atoms with E-state index in [4.69, 9.17) is 14.2 Å². The van der Waals surface area contributed by atoms with Crippen LogP contribution in [0.5, 0.6) is 11.5 Å². The first-order valence-corrected chi connectivity index (χ1v) is 16.0. The monoisotopic (exact) mass is 634 g/mol. The highest BCUT2D eigenvalue weighted by Crippen LogP contribution is 2.30. The van der Waals surface area contributed by atoms with Gasteiger partial charge in [-0.2, -0.15) is 0 Å². The van der Waals surface area contributed by atoms with Crippen molar-refractivity contribution in [1.29, 1.82) is 0 Å². The molecule has 0 saturated heterocycles. The summed E-state index contributed by atoms with van der Waals surface area (Å²) in [5, 5.41) is 2.59.